The van der Waals surface area contributed by atoms with Gasteiger partial charge in [-0.05, 0) is 18.6 Å². The first-order chi connectivity index (χ1) is 11.1. The summed E-state index contributed by atoms with van der Waals surface area (Å²) >= 11 is 0. The van der Waals surface area contributed by atoms with Crippen LogP contribution in [0.5, 0.6) is 0 Å². The molecule has 0 unspecified atom stereocenters. The minimum Gasteiger partial charge on any atom is -0.480 e. The van der Waals surface area contributed by atoms with E-state index in [1.54, 1.807) is 24.4 Å². The minimum absolute atomic E-state index is 0.391. The van der Waals surface area contributed by atoms with E-state index in [0.717, 1.165) is 31.1 Å². The van der Waals surface area contributed by atoms with E-state index in [2.05, 4.69) is 17.2 Å². The number of para-hydroxylation sites is 1. The second kappa shape index (κ2) is 8.27. The standard InChI is InChI=1S/C18H22N2O3/c1-2-3-4-5-11-15(18(22)23)20-17(21)14-10-6-8-13-9-7-12-19-16(13)14/h6-10,12,15H,2-5,11H2,1H3,(H,20,21)(H,22,23)/t15-/m1/s1. The highest BCUT2D eigenvalue weighted by molar-refractivity contribution is 6.06. The Bertz CT molecular complexity index is 680. The molecule has 0 aliphatic heterocycles. The van der Waals surface area contributed by atoms with Gasteiger partial charge in [-0.3, -0.25) is 9.78 Å². The Morgan fingerprint density at radius 3 is 2.70 bits per heavy atom. The maximum atomic E-state index is 12.4. The molecule has 1 aromatic carbocycles. The number of hydrogen-bond donors (Lipinski definition) is 2. The molecule has 1 aromatic heterocycles. The molecule has 0 radical (unpaired) electrons. The van der Waals surface area contributed by atoms with Gasteiger partial charge in [-0.1, -0.05) is 50.8 Å². The van der Waals surface area contributed by atoms with E-state index >= 15 is 0 Å². The molecule has 0 spiro atoms. The number of carboxylic acid groups (broad SMARTS) is 1. The van der Waals surface area contributed by atoms with E-state index in [1.807, 2.05) is 12.1 Å². The number of carboxylic acids is 1. The summed E-state index contributed by atoms with van der Waals surface area (Å²) in [6.07, 6.45) is 6.00. The van der Waals surface area contributed by atoms with Crippen molar-refractivity contribution in [2.45, 2.75) is 45.1 Å². The lowest BCUT2D eigenvalue weighted by Gasteiger charge is -2.15. The van der Waals surface area contributed by atoms with Crippen molar-refractivity contribution in [2.75, 3.05) is 0 Å². The maximum absolute atomic E-state index is 12.4. The van der Waals surface area contributed by atoms with Gasteiger partial charge in [-0.2, -0.15) is 0 Å². The first-order valence-electron chi connectivity index (χ1n) is 8.01. The highest BCUT2D eigenvalue weighted by atomic mass is 16.4. The second-order valence-electron chi connectivity index (χ2n) is 5.59. The summed E-state index contributed by atoms with van der Waals surface area (Å²) in [5.41, 5.74) is 0.991. The van der Waals surface area contributed by atoms with Crippen molar-refractivity contribution in [1.29, 1.82) is 0 Å². The first-order valence-corrected chi connectivity index (χ1v) is 8.01. The van der Waals surface area contributed by atoms with Crippen molar-refractivity contribution < 1.29 is 14.7 Å². The molecule has 2 N–H and O–H groups in total. The summed E-state index contributed by atoms with van der Waals surface area (Å²) < 4.78 is 0. The van der Waals surface area contributed by atoms with Gasteiger partial charge in [0.1, 0.15) is 6.04 Å². The van der Waals surface area contributed by atoms with Crippen molar-refractivity contribution in [1.82, 2.24) is 10.3 Å². The molecule has 0 fully saturated rings. The molecule has 23 heavy (non-hydrogen) atoms. The van der Waals surface area contributed by atoms with Crippen LogP contribution >= 0.6 is 0 Å². The topological polar surface area (TPSA) is 79.3 Å². The van der Waals surface area contributed by atoms with E-state index in [0.29, 0.717) is 17.5 Å². The summed E-state index contributed by atoms with van der Waals surface area (Å²) in [4.78, 5) is 28.0. The summed E-state index contributed by atoms with van der Waals surface area (Å²) in [6.45, 7) is 2.10. The number of nitrogens with zero attached hydrogens (tertiary/aromatic N) is 1. The van der Waals surface area contributed by atoms with E-state index < -0.39 is 17.9 Å². The Morgan fingerprint density at radius 2 is 1.96 bits per heavy atom. The Morgan fingerprint density at radius 1 is 1.17 bits per heavy atom. The molecule has 122 valence electrons. The SMILES string of the molecule is CCCCCC[C@@H](NC(=O)c1cccc2cccnc12)C(=O)O. The molecule has 0 saturated carbocycles. The number of aliphatic carboxylic acids is 1. The number of carbonyl (C=O) groups is 2. The fourth-order valence-corrected chi connectivity index (χ4v) is 2.56. The Kier molecular flexibility index (Phi) is 6.09. The lowest BCUT2D eigenvalue weighted by molar-refractivity contribution is -0.139. The molecule has 1 amide bonds. The molecule has 1 heterocycles. The zero-order valence-corrected chi connectivity index (χ0v) is 13.3. The normalized spacial score (nSPS) is 12.0. The first kappa shape index (κ1) is 16.9. The number of carbonyl (C=O) groups excluding carboxylic acids is 1. The molecule has 2 rings (SSSR count). The summed E-state index contributed by atoms with van der Waals surface area (Å²) in [6, 6.07) is 8.13. The zero-order valence-electron chi connectivity index (χ0n) is 13.3. The Balaban J connectivity index is 2.10. The highest BCUT2D eigenvalue weighted by Crippen LogP contribution is 2.16. The van der Waals surface area contributed by atoms with Crippen molar-refractivity contribution in [3.8, 4) is 0 Å². The molecule has 0 aliphatic carbocycles. The third-order valence-electron chi connectivity index (χ3n) is 3.83. The Hall–Kier alpha value is -2.43. The maximum Gasteiger partial charge on any atom is 0.326 e. The van der Waals surface area contributed by atoms with Crippen molar-refractivity contribution in [3.05, 3.63) is 42.1 Å². The smallest absolute Gasteiger partial charge is 0.326 e. The number of amides is 1. The van der Waals surface area contributed by atoms with Gasteiger partial charge in [-0.25, -0.2) is 4.79 Å². The number of hydrogen-bond acceptors (Lipinski definition) is 3. The number of nitrogens with one attached hydrogen (secondary N) is 1. The lowest BCUT2D eigenvalue weighted by atomic mass is 10.1. The molecule has 1 atom stereocenters. The summed E-state index contributed by atoms with van der Waals surface area (Å²) in [7, 11) is 0. The minimum atomic E-state index is -0.997. The zero-order chi connectivity index (χ0) is 16.7. The lowest BCUT2D eigenvalue weighted by Crippen LogP contribution is -2.40. The number of rotatable bonds is 8. The van der Waals surface area contributed by atoms with Crippen LogP contribution in [-0.2, 0) is 4.79 Å². The van der Waals surface area contributed by atoms with Gasteiger partial charge in [-0.15, -0.1) is 0 Å². The van der Waals surface area contributed by atoms with Gasteiger partial charge in [0.25, 0.3) is 5.91 Å². The summed E-state index contributed by atoms with van der Waals surface area (Å²) in [5.74, 6) is -1.39. The van der Waals surface area contributed by atoms with E-state index in [4.69, 9.17) is 0 Å². The highest BCUT2D eigenvalue weighted by Gasteiger charge is 2.21. The molecular formula is C18H22N2O3. The van der Waals surface area contributed by atoms with Gasteiger partial charge in [0.15, 0.2) is 0 Å². The quantitative estimate of drug-likeness (QED) is 0.732. The van der Waals surface area contributed by atoms with E-state index in [-0.39, 0.29) is 0 Å². The number of benzene rings is 1. The van der Waals surface area contributed by atoms with Crippen LogP contribution in [-0.4, -0.2) is 28.0 Å². The molecule has 0 bridgehead atoms. The van der Waals surface area contributed by atoms with E-state index in [9.17, 15) is 14.7 Å². The second-order valence-corrected chi connectivity index (χ2v) is 5.59. The van der Waals surface area contributed by atoms with Gasteiger partial charge >= 0.3 is 5.97 Å². The fraction of sp³-hybridized carbons (Fsp3) is 0.389. The van der Waals surface area contributed by atoms with E-state index in [1.165, 1.54) is 0 Å². The van der Waals surface area contributed by atoms with Crippen LogP contribution in [0.15, 0.2) is 36.5 Å². The Labute approximate surface area is 135 Å². The van der Waals surface area contributed by atoms with Gasteiger partial charge in [0.2, 0.25) is 0 Å². The van der Waals surface area contributed by atoms with Crippen molar-refractivity contribution in [2.24, 2.45) is 0 Å². The number of fused-ring (bicyclic) bond motifs is 1. The van der Waals surface area contributed by atoms with Gasteiger partial charge in [0.05, 0.1) is 11.1 Å². The van der Waals surface area contributed by atoms with Crippen LogP contribution < -0.4 is 5.32 Å². The van der Waals surface area contributed by atoms with Gasteiger partial charge < -0.3 is 10.4 Å². The predicted octanol–water partition coefficient (Wildman–Crippen LogP) is 3.39. The molecule has 0 aliphatic rings. The van der Waals surface area contributed by atoms with Crippen LogP contribution in [0.25, 0.3) is 10.9 Å². The summed E-state index contributed by atoms with van der Waals surface area (Å²) in [5, 5.41) is 12.8. The van der Waals surface area contributed by atoms with Crippen molar-refractivity contribution in [3.63, 3.8) is 0 Å². The third kappa shape index (κ3) is 4.52. The molecule has 5 nitrogen and oxygen atoms in total. The molecular weight excluding hydrogens is 292 g/mol. The number of aromatic nitrogens is 1. The largest absolute Gasteiger partial charge is 0.480 e. The molecule has 5 heteroatoms. The monoisotopic (exact) mass is 314 g/mol. The third-order valence-corrected chi connectivity index (χ3v) is 3.83. The predicted molar refractivity (Wildman–Crippen MR) is 89.4 cm³/mol. The molecule has 0 saturated heterocycles. The average molecular weight is 314 g/mol. The fourth-order valence-electron chi connectivity index (χ4n) is 2.56. The van der Waals surface area contributed by atoms with Crippen molar-refractivity contribution >= 4 is 22.8 Å². The van der Waals surface area contributed by atoms with Crippen LogP contribution in [0.2, 0.25) is 0 Å². The molecule has 2 aromatic rings. The average Bonchev–Trinajstić information content (AvgIpc) is 2.56. The number of pyridine rings is 1. The van der Waals surface area contributed by atoms with Crippen LogP contribution in [0.3, 0.4) is 0 Å². The van der Waals surface area contributed by atoms with Crippen LogP contribution in [0.4, 0.5) is 0 Å². The van der Waals surface area contributed by atoms with Crippen LogP contribution in [0.1, 0.15) is 49.4 Å². The number of unbranched alkanes of at least 4 members (excludes halogenated alkanes) is 3. The van der Waals surface area contributed by atoms with Crippen LogP contribution in [0, 0.1) is 0 Å². The van der Waals surface area contributed by atoms with Gasteiger partial charge in [0, 0.05) is 11.6 Å².